The summed E-state index contributed by atoms with van der Waals surface area (Å²) in [6.07, 6.45) is 3.59. The van der Waals surface area contributed by atoms with Gasteiger partial charge in [0.05, 0.1) is 11.1 Å². The number of nitrogens with one attached hydrogen (secondary N) is 1. The van der Waals surface area contributed by atoms with Crippen molar-refractivity contribution in [3.8, 4) is 0 Å². The van der Waals surface area contributed by atoms with Gasteiger partial charge >= 0.3 is 5.76 Å². The summed E-state index contributed by atoms with van der Waals surface area (Å²) in [6.45, 7) is 1.55. The SMILES string of the molecule is NC(Cc1cc(Cl)c2[nH]c(=O)oc2c1)C(=O)N1CCCCC1. The molecule has 1 amide bonds. The Morgan fingerprint density at radius 2 is 2.09 bits per heavy atom. The maximum atomic E-state index is 12.3. The number of halogens is 1. The molecule has 0 saturated carbocycles. The van der Waals surface area contributed by atoms with E-state index in [-0.39, 0.29) is 5.91 Å². The van der Waals surface area contributed by atoms with Gasteiger partial charge in [-0.15, -0.1) is 0 Å². The molecule has 1 saturated heterocycles. The van der Waals surface area contributed by atoms with Gasteiger partial charge in [-0.3, -0.25) is 9.78 Å². The van der Waals surface area contributed by atoms with Crippen molar-refractivity contribution < 1.29 is 9.21 Å². The van der Waals surface area contributed by atoms with Crippen molar-refractivity contribution >= 4 is 28.6 Å². The monoisotopic (exact) mass is 323 g/mol. The van der Waals surface area contributed by atoms with E-state index in [0.717, 1.165) is 37.9 Å². The van der Waals surface area contributed by atoms with Crippen LogP contribution >= 0.6 is 11.6 Å². The fourth-order valence-electron chi connectivity index (χ4n) is 2.87. The highest BCUT2D eigenvalue weighted by molar-refractivity contribution is 6.34. The second-order valence-electron chi connectivity index (χ2n) is 5.66. The summed E-state index contributed by atoms with van der Waals surface area (Å²) in [5.74, 6) is -0.589. The van der Waals surface area contributed by atoms with Gasteiger partial charge in [0.15, 0.2) is 5.58 Å². The number of nitrogens with zero attached hydrogens (tertiary/aromatic N) is 1. The van der Waals surface area contributed by atoms with Gasteiger partial charge in [-0.2, -0.15) is 0 Å². The van der Waals surface area contributed by atoms with Gasteiger partial charge in [-0.05, 0) is 43.4 Å². The molecule has 0 bridgehead atoms. The fraction of sp³-hybridized carbons (Fsp3) is 0.467. The summed E-state index contributed by atoms with van der Waals surface area (Å²) in [5.41, 5.74) is 7.66. The zero-order valence-electron chi connectivity index (χ0n) is 12.1. The van der Waals surface area contributed by atoms with E-state index in [4.69, 9.17) is 21.8 Å². The summed E-state index contributed by atoms with van der Waals surface area (Å²) in [6, 6.07) is 2.79. The first-order valence-corrected chi connectivity index (χ1v) is 7.78. The Bertz CT molecular complexity index is 746. The third kappa shape index (κ3) is 3.03. The first kappa shape index (κ1) is 15.1. The Labute approximate surface area is 132 Å². The van der Waals surface area contributed by atoms with Crippen LogP contribution in [-0.4, -0.2) is 34.9 Å². The van der Waals surface area contributed by atoms with Crippen LogP contribution < -0.4 is 11.5 Å². The minimum Gasteiger partial charge on any atom is -0.408 e. The number of nitrogens with two attached hydrogens (primary N) is 1. The Hall–Kier alpha value is -1.79. The molecule has 6 nitrogen and oxygen atoms in total. The smallest absolute Gasteiger partial charge is 0.408 e. The molecule has 7 heteroatoms. The first-order chi connectivity index (χ1) is 10.5. The maximum absolute atomic E-state index is 12.3. The molecule has 0 spiro atoms. The molecular formula is C15H18ClN3O3. The van der Waals surface area contributed by atoms with E-state index < -0.39 is 11.8 Å². The molecule has 2 heterocycles. The summed E-state index contributed by atoms with van der Waals surface area (Å²) in [5, 5.41) is 0.385. The van der Waals surface area contributed by atoms with E-state index >= 15 is 0 Å². The normalized spacial score (nSPS) is 16.9. The van der Waals surface area contributed by atoms with Crippen LogP contribution in [0.25, 0.3) is 11.1 Å². The number of amides is 1. The van der Waals surface area contributed by atoms with Gasteiger partial charge in [0.1, 0.15) is 5.52 Å². The zero-order valence-corrected chi connectivity index (χ0v) is 12.9. The Kier molecular flexibility index (Phi) is 4.22. The molecule has 3 N–H and O–H groups in total. The van der Waals surface area contributed by atoms with Gasteiger partial charge in [0, 0.05) is 13.1 Å². The van der Waals surface area contributed by atoms with Crippen LogP contribution in [0.2, 0.25) is 5.02 Å². The third-order valence-corrected chi connectivity index (χ3v) is 4.28. The van der Waals surface area contributed by atoms with Gasteiger partial charge in [-0.1, -0.05) is 11.6 Å². The molecule has 0 radical (unpaired) electrons. The van der Waals surface area contributed by atoms with Crippen LogP contribution in [0.4, 0.5) is 0 Å². The lowest BCUT2D eigenvalue weighted by molar-refractivity contribution is -0.133. The fourth-order valence-corrected chi connectivity index (χ4v) is 3.15. The minimum absolute atomic E-state index is 0.0357. The molecule has 1 fully saturated rings. The van der Waals surface area contributed by atoms with Crippen LogP contribution in [0.15, 0.2) is 21.3 Å². The summed E-state index contributed by atoms with van der Waals surface area (Å²) >= 11 is 6.12. The van der Waals surface area contributed by atoms with Crippen molar-refractivity contribution in [3.63, 3.8) is 0 Å². The average molecular weight is 324 g/mol. The number of aromatic nitrogens is 1. The van der Waals surface area contributed by atoms with Crippen molar-refractivity contribution in [2.75, 3.05) is 13.1 Å². The number of fused-ring (bicyclic) bond motifs is 1. The third-order valence-electron chi connectivity index (χ3n) is 3.98. The van der Waals surface area contributed by atoms with E-state index in [1.165, 1.54) is 0 Å². The van der Waals surface area contributed by atoms with Crippen molar-refractivity contribution in [3.05, 3.63) is 33.3 Å². The Morgan fingerprint density at radius 1 is 1.36 bits per heavy atom. The highest BCUT2D eigenvalue weighted by Gasteiger charge is 2.23. The second kappa shape index (κ2) is 6.14. The van der Waals surface area contributed by atoms with E-state index in [0.29, 0.717) is 22.5 Å². The second-order valence-corrected chi connectivity index (χ2v) is 6.07. The van der Waals surface area contributed by atoms with E-state index in [1.54, 1.807) is 12.1 Å². The van der Waals surface area contributed by atoms with Gasteiger partial charge in [0.25, 0.3) is 0 Å². The number of hydrogen-bond acceptors (Lipinski definition) is 4. The lowest BCUT2D eigenvalue weighted by atomic mass is 10.0. The number of likely N-dealkylation sites (tertiary alicyclic amines) is 1. The number of rotatable bonds is 3. The molecule has 1 aromatic carbocycles. The Morgan fingerprint density at radius 3 is 2.82 bits per heavy atom. The quantitative estimate of drug-likeness (QED) is 0.898. The lowest BCUT2D eigenvalue weighted by Gasteiger charge is -2.29. The molecule has 1 aliphatic heterocycles. The molecule has 22 heavy (non-hydrogen) atoms. The van der Waals surface area contributed by atoms with E-state index in [1.807, 2.05) is 4.90 Å². The molecule has 2 aromatic rings. The number of carbonyl (C=O) groups excluding carboxylic acids is 1. The van der Waals surface area contributed by atoms with Crippen LogP contribution in [0.3, 0.4) is 0 Å². The number of oxazole rings is 1. The number of benzene rings is 1. The van der Waals surface area contributed by atoms with Crippen LogP contribution in [0, 0.1) is 0 Å². The predicted molar refractivity (Wildman–Crippen MR) is 84.0 cm³/mol. The summed E-state index contributed by atoms with van der Waals surface area (Å²) in [7, 11) is 0. The number of aromatic amines is 1. The number of H-pyrrole nitrogens is 1. The maximum Gasteiger partial charge on any atom is 0.417 e. The molecule has 1 unspecified atom stereocenters. The predicted octanol–water partition coefficient (Wildman–Crippen LogP) is 1.66. The molecule has 0 aliphatic carbocycles. The first-order valence-electron chi connectivity index (χ1n) is 7.40. The largest absolute Gasteiger partial charge is 0.417 e. The van der Waals surface area contributed by atoms with E-state index in [9.17, 15) is 9.59 Å². The van der Waals surface area contributed by atoms with Crippen molar-refractivity contribution in [1.82, 2.24) is 9.88 Å². The van der Waals surface area contributed by atoms with Crippen LogP contribution in [0.1, 0.15) is 24.8 Å². The van der Waals surface area contributed by atoms with Crippen LogP contribution in [-0.2, 0) is 11.2 Å². The number of hydrogen-bond donors (Lipinski definition) is 2. The highest BCUT2D eigenvalue weighted by atomic mass is 35.5. The van der Waals surface area contributed by atoms with Crippen molar-refractivity contribution in [2.24, 2.45) is 5.73 Å². The van der Waals surface area contributed by atoms with Gasteiger partial charge < -0.3 is 15.1 Å². The molecule has 1 aliphatic rings. The molecule has 3 rings (SSSR count). The average Bonchev–Trinajstić information content (AvgIpc) is 2.88. The van der Waals surface area contributed by atoms with E-state index in [2.05, 4.69) is 4.98 Å². The summed E-state index contributed by atoms with van der Waals surface area (Å²) in [4.78, 5) is 27.9. The molecule has 1 atom stereocenters. The highest BCUT2D eigenvalue weighted by Crippen LogP contribution is 2.23. The topological polar surface area (TPSA) is 92.3 Å². The Balaban J connectivity index is 1.77. The number of carbonyl (C=O) groups is 1. The van der Waals surface area contributed by atoms with Gasteiger partial charge in [0.2, 0.25) is 5.91 Å². The van der Waals surface area contributed by atoms with Gasteiger partial charge in [-0.25, -0.2) is 4.79 Å². The van der Waals surface area contributed by atoms with Crippen molar-refractivity contribution in [2.45, 2.75) is 31.7 Å². The summed E-state index contributed by atoms with van der Waals surface area (Å²) < 4.78 is 5.02. The zero-order chi connectivity index (χ0) is 15.7. The minimum atomic E-state index is -0.614. The molecular weight excluding hydrogens is 306 g/mol. The molecule has 118 valence electrons. The van der Waals surface area contributed by atoms with Crippen LogP contribution in [0.5, 0.6) is 0 Å². The standard InChI is InChI=1S/C15H18ClN3O3/c16-10-6-9(8-12-13(10)18-15(21)22-12)7-11(17)14(20)19-4-2-1-3-5-19/h6,8,11H,1-5,7,17H2,(H,18,21). The van der Waals surface area contributed by atoms with Crippen molar-refractivity contribution in [1.29, 1.82) is 0 Å². The lowest BCUT2D eigenvalue weighted by Crippen LogP contribution is -2.46. The molecule has 1 aromatic heterocycles. The number of piperidine rings is 1.